The minimum Gasteiger partial charge on any atom is -0.371 e. The minimum atomic E-state index is -0.315. The highest BCUT2D eigenvalue weighted by Crippen LogP contribution is 2.32. The molecule has 0 amide bonds. The zero-order chi connectivity index (χ0) is 19.5. The van der Waals surface area contributed by atoms with Crippen LogP contribution in [0, 0.1) is 13.8 Å². The molecule has 0 radical (unpaired) electrons. The van der Waals surface area contributed by atoms with Crippen LogP contribution in [0.15, 0.2) is 72.8 Å². The molecule has 0 aliphatic heterocycles. The van der Waals surface area contributed by atoms with E-state index in [9.17, 15) is 0 Å². The molecule has 0 fully saturated rings. The first-order valence-corrected chi connectivity index (χ1v) is 9.44. The summed E-state index contributed by atoms with van der Waals surface area (Å²) in [6, 6.07) is 23.6. The van der Waals surface area contributed by atoms with Gasteiger partial charge in [0.15, 0.2) is 5.82 Å². The highest BCUT2D eigenvalue weighted by atomic mass is 35.5. The fourth-order valence-electron chi connectivity index (χ4n) is 3.36. The van der Waals surface area contributed by atoms with Gasteiger partial charge in [0, 0.05) is 16.3 Å². The van der Waals surface area contributed by atoms with E-state index in [0.29, 0.717) is 10.8 Å². The standard InChI is InChI=1S/C22H20ClN5/c1-15-9-8-10-16(2)21(15)28-22(25-26-27-28)20(18-13-6-7-14-19(18)23)24-17-11-4-3-5-12-17/h3-14,20,24H,1-2H3. The van der Waals surface area contributed by atoms with Crippen molar-refractivity contribution >= 4 is 17.3 Å². The number of para-hydroxylation sites is 2. The van der Waals surface area contributed by atoms with Gasteiger partial charge in [0.1, 0.15) is 6.04 Å². The first kappa shape index (κ1) is 18.2. The molecule has 0 saturated heterocycles. The van der Waals surface area contributed by atoms with E-state index in [-0.39, 0.29) is 6.04 Å². The molecular weight excluding hydrogens is 370 g/mol. The van der Waals surface area contributed by atoms with E-state index in [1.54, 1.807) is 4.68 Å². The Balaban J connectivity index is 1.87. The van der Waals surface area contributed by atoms with Crippen molar-refractivity contribution in [3.8, 4) is 5.69 Å². The Morgan fingerprint density at radius 3 is 2.25 bits per heavy atom. The molecule has 0 aliphatic carbocycles. The summed E-state index contributed by atoms with van der Waals surface area (Å²) in [6.07, 6.45) is 0. The van der Waals surface area contributed by atoms with Gasteiger partial charge in [-0.25, -0.2) is 0 Å². The predicted octanol–water partition coefficient (Wildman–Crippen LogP) is 5.13. The molecular formula is C22H20ClN5. The van der Waals surface area contributed by atoms with Crippen molar-refractivity contribution in [3.63, 3.8) is 0 Å². The van der Waals surface area contributed by atoms with Crippen molar-refractivity contribution in [2.75, 3.05) is 5.32 Å². The van der Waals surface area contributed by atoms with Crippen LogP contribution in [0.3, 0.4) is 0 Å². The van der Waals surface area contributed by atoms with Crippen molar-refractivity contribution in [3.05, 3.63) is 100 Å². The second kappa shape index (κ2) is 7.82. The first-order valence-electron chi connectivity index (χ1n) is 9.06. The Kier molecular flexibility index (Phi) is 5.08. The smallest absolute Gasteiger partial charge is 0.183 e. The van der Waals surface area contributed by atoms with E-state index in [0.717, 1.165) is 28.1 Å². The highest BCUT2D eigenvalue weighted by Gasteiger charge is 2.25. The lowest BCUT2D eigenvalue weighted by Gasteiger charge is -2.22. The van der Waals surface area contributed by atoms with E-state index in [1.807, 2.05) is 60.7 Å². The summed E-state index contributed by atoms with van der Waals surface area (Å²) < 4.78 is 1.80. The average molecular weight is 390 g/mol. The van der Waals surface area contributed by atoms with Crippen molar-refractivity contribution in [2.24, 2.45) is 0 Å². The van der Waals surface area contributed by atoms with Gasteiger partial charge in [0.05, 0.1) is 5.69 Å². The topological polar surface area (TPSA) is 55.6 Å². The number of hydrogen-bond acceptors (Lipinski definition) is 4. The van der Waals surface area contributed by atoms with Gasteiger partial charge >= 0.3 is 0 Å². The molecule has 5 nitrogen and oxygen atoms in total. The van der Waals surface area contributed by atoms with Gasteiger partial charge in [-0.15, -0.1) is 5.10 Å². The Morgan fingerprint density at radius 2 is 1.54 bits per heavy atom. The Labute approximate surface area is 169 Å². The normalized spacial score (nSPS) is 12.0. The summed E-state index contributed by atoms with van der Waals surface area (Å²) in [4.78, 5) is 0. The quantitative estimate of drug-likeness (QED) is 0.513. The van der Waals surface area contributed by atoms with Crippen LogP contribution in [0.4, 0.5) is 5.69 Å². The Bertz CT molecular complexity index is 1070. The molecule has 1 heterocycles. The van der Waals surface area contributed by atoms with Crippen molar-refractivity contribution in [1.82, 2.24) is 20.2 Å². The summed E-state index contributed by atoms with van der Waals surface area (Å²) in [5.41, 5.74) is 5.06. The highest BCUT2D eigenvalue weighted by molar-refractivity contribution is 6.31. The number of benzene rings is 3. The van der Waals surface area contributed by atoms with Crippen LogP contribution >= 0.6 is 11.6 Å². The van der Waals surface area contributed by atoms with Crippen LogP contribution < -0.4 is 5.32 Å². The fourth-order valence-corrected chi connectivity index (χ4v) is 3.61. The molecule has 1 unspecified atom stereocenters. The molecule has 0 bridgehead atoms. The van der Waals surface area contributed by atoms with Gasteiger partial charge in [0.25, 0.3) is 0 Å². The summed E-state index contributed by atoms with van der Waals surface area (Å²) >= 11 is 6.55. The molecule has 1 atom stereocenters. The molecule has 1 N–H and O–H groups in total. The first-order chi connectivity index (χ1) is 13.6. The second-order valence-corrected chi connectivity index (χ2v) is 7.06. The zero-order valence-electron chi connectivity index (χ0n) is 15.7. The lowest BCUT2D eigenvalue weighted by atomic mass is 10.0. The third-order valence-corrected chi connectivity index (χ3v) is 5.05. The summed E-state index contributed by atoms with van der Waals surface area (Å²) in [5.74, 6) is 0.675. The summed E-state index contributed by atoms with van der Waals surface area (Å²) in [5, 5.41) is 16.8. The minimum absolute atomic E-state index is 0.315. The van der Waals surface area contributed by atoms with E-state index in [1.165, 1.54) is 0 Å². The molecule has 4 rings (SSSR count). The summed E-state index contributed by atoms with van der Waals surface area (Å²) in [7, 11) is 0. The van der Waals surface area contributed by atoms with Crippen molar-refractivity contribution in [2.45, 2.75) is 19.9 Å². The Morgan fingerprint density at radius 1 is 0.857 bits per heavy atom. The van der Waals surface area contributed by atoms with Crippen LogP contribution in [0.1, 0.15) is 28.6 Å². The van der Waals surface area contributed by atoms with E-state index < -0.39 is 0 Å². The molecule has 0 spiro atoms. The Hall–Kier alpha value is -3.18. The van der Waals surface area contributed by atoms with Crippen LogP contribution in [0.2, 0.25) is 5.02 Å². The third kappa shape index (κ3) is 3.49. The summed E-state index contributed by atoms with van der Waals surface area (Å²) in [6.45, 7) is 4.12. The number of aromatic nitrogens is 4. The lowest BCUT2D eigenvalue weighted by molar-refractivity contribution is 0.731. The molecule has 28 heavy (non-hydrogen) atoms. The number of anilines is 1. The number of rotatable bonds is 5. The van der Waals surface area contributed by atoms with Gasteiger partial charge < -0.3 is 5.32 Å². The number of halogens is 1. The number of hydrogen-bond donors (Lipinski definition) is 1. The van der Waals surface area contributed by atoms with Crippen LogP contribution in [-0.4, -0.2) is 20.2 Å². The van der Waals surface area contributed by atoms with Gasteiger partial charge in [-0.1, -0.05) is 66.2 Å². The molecule has 0 aliphatic rings. The number of nitrogens with one attached hydrogen (secondary N) is 1. The monoisotopic (exact) mass is 389 g/mol. The van der Waals surface area contributed by atoms with Crippen LogP contribution in [0.25, 0.3) is 5.69 Å². The maximum absolute atomic E-state index is 6.55. The molecule has 1 aromatic heterocycles. The maximum Gasteiger partial charge on any atom is 0.183 e. The second-order valence-electron chi connectivity index (χ2n) is 6.65. The zero-order valence-corrected chi connectivity index (χ0v) is 16.4. The third-order valence-electron chi connectivity index (χ3n) is 4.70. The van der Waals surface area contributed by atoms with Crippen molar-refractivity contribution < 1.29 is 0 Å². The van der Waals surface area contributed by atoms with Gasteiger partial charge in [-0.2, -0.15) is 4.68 Å². The molecule has 6 heteroatoms. The molecule has 3 aromatic carbocycles. The maximum atomic E-state index is 6.55. The van der Waals surface area contributed by atoms with Crippen LogP contribution in [-0.2, 0) is 0 Å². The fraction of sp³-hybridized carbons (Fsp3) is 0.136. The molecule has 4 aromatic rings. The predicted molar refractivity (Wildman–Crippen MR) is 112 cm³/mol. The average Bonchev–Trinajstić information content (AvgIpc) is 3.16. The largest absolute Gasteiger partial charge is 0.371 e. The SMILES string of the molecule is Cc1cccc(C)c1-n1nnnc1C(Nc1ccccc1)c1ccccc1Cl. The van der Waals surface area contributed by atoms with Gasteiger partial charge in [0.2, 0.25) is 0 Å². The van der Waals surface area contributed by atoms with Gasteiger partial charge in [-0.05, 0) is 53.6 Å². The number of nitrogens with zero attached hydrogens (tertiary/aromatic N) is 4. The van der Waals surface area contributed by atoms with Gasteiger partial charge in [-0.3, -0.25) is 0 Å². The van der Waals surface area contributed by atoms with E-state index >= 15 is 0 Å². The molecule has 0 saturated carbocycles. The lowest BCUT2D eigenvalue weighted by Crippen LogP contribution is -2.19. The molecule has 140 valence electrons. The van der Waals surface area contributed by atoms with Crippen molar-refractivity contribution in [1.29, 1.82) is 0 Å². The van der Waals surface area contributed by atoms with E-state index in [4.69, 9.17) is 11.6 Å². The number of aryl methyl sites for hydroxylation is 2. The van der Waals surface area contributed by atoms with Crippen LogP contribution in [0.5, 0.6) is 0 Å². The van der Waals surface area contributed by atoms with E-state index in [2.05, 4.69) is 46.8 Å². The number of tetrazole rings is 1.